The van der Waals surface area contributed by atoms with Crippen molar-refractivity contribution in [1.29, 1.82) is 0 Å². The van der Waals surface area contributed by atoms with E-state index in [0.29, 0.717) is 6.04 Å². The van der Waals surface area contributed by atoms with Crippen molar-refractivity contribution in [2.75, 3.05) is 20.2 Å². The topological polar surface area (TPSA) is 12.5 Å². The molecule has 0 radical (unpaired) electrons. The lowest BCUT2D eigenvalue weighted by atomic mass is 9.98. The first-order valence-corrected chi connectivity index (χ1v) is 10.8. The number of hydrogen-bond acceptors (Lipinski definition) is 2. The molecule has 1 saturated heterocycles. The molecule has 4 rings (SSSR count). The Morgan fingerprint density at radius 1 is 0.862 bits per heavy atom. The highest BCUT2D eigenvalue weighted by Crippen LogP contribution is 2.28. The lowest BCUT2D eigenvalue weighted by Crippen LogP contribution is -2.26. The van der Waals surface area contributed by atoms with Crippen LogP contribution in [0.25, 0.3) is 11.1 Å². The predicted octanol–water partition coefficient (Wildman–Crippen LogP) is 6.00. The van der Waals surface area contributed by atoms with E-state index in [1.807, 2.05) is 0 Å². The van der Waals surface area contributed by atoms with Gasteiger partial charge in [0.1, 0.15) is 5.75 Å². The van der Waals surface area contributed by atoms with E-state index in [9.17, 15) is 0 Å². The van der Waals surface area contributed by atoms with Crippen molar-refractivity contribution in [3.05, 3.63) is 90.0 Å². The van der Waals surface area contributed by atoms with Crippen LogP contribution >= 0.6 is 0 Å². The Labute approximate surface area is 175 Å². The minimum atomic E-state index is 0.673. The number of aryl methyl sites for hydroxylation is 2. The van der Waals surface area contributed by atoms with E-state index in [-0.39, 0.29) is 0 Å². The van der Waals surface area contributed by atoms with Crippen molar-refractivity contribution < 1.29 is 4.74 Å². The SMILES string of the molecule is CN1CCCC1CCOc1ccc(-c2ccccc2)cc1CCc1ccccc1. The lowest BCUT2D eigenvalue weighted by Gasteiger charge is -2.20. The van der Waals surface area contributed by atoms with Gasteiger partial charge in [0.25, 0.3) is 0 Å². The van der Waals surface area contributed by atoms with E-state index in [2.05, 4.69) is 90.8 Å². The third-order valence-corrected chi connectivity index (χ3v) is 6.07. The first-order chi connectivity index (χ1) is 14.3. The van der Waals surface area contributed by atoms with Crippen LogP contribution in [0.1, 0.15) is 30.4 Å². The van der Waals surface area contributed by atoms with Crippen molar-refractivity contribution >= 4 is 0 Å². The lowest BCUT2D eigenvalue weighted by molar-refractivity contribution is 0.232. The van der Waals surface area contributed by atoms with Gasteiger partial charge in [-0.05, 0) is 80.1 Å². The van der Waals surface area contributed by atoms with E-state index < -0.39 is 0 Å². The maximum absolute atomic E-state index is 6.30. The summed E-state index contributed by atoms with van der Waals surface area (Å²) in [5, 5.41) is 0. The molecule has 1 aliphatic rings. The minimum Gasteiger partial charge on any atom is -0.493 e. The zero-order valence-electron chi connectivity index (χ0n) is 17.4. The molecule has 0 aliphatic carbocycles. The maximum atomic E-state index is 6.30. The van der Waals surface area contributed by atoms with Gasteiger partial charge in [0.15, 0.2) is 0 Å². The number of likely N-dealkylation sites (tertiary alicyclic amines) is 1. The summed E-state index contributed by atoms with van der Waals surface area (Å²) in [4.78, 5) is 2.47. The van der Waals surface area contributed by atoms with Gasteiger partial charge in [-0.25, -0.2) is 0 Å². The van der Waals surface area contributed by atoms with E-state index in [0.717, 1.165) is 31.6 Å². The molecule has 0 amide bonds. The Morgan fingerprint density at radius 2 is 1.62 bits per heavy atom. The summed E-state index contributed by atoms with van der Waals surface area (Å²) in [5.41, 5.74) is 5.19. The average Bonchev–Trinajstić information content (AvgIpc) is 3.19. The van der Waals surface area contributed by atoms with Gasteiger partial charge in [-0.3, -0.25) is 0 Å². The highest BCUT2D eigenvalue weighted by Gasteiger charge is 2.20. The summed E-state index contributed by atoms with van der Waals surface area (Å²) in [6, 6.07) is 28.7. The standard InChI is InChI=1S/C27H31NO/c1-28-19-8-13-26(28)18-20-29-27-17-16-24(23-11-6-3-7-12-23)21-25(27)15-14-22-9-4-2-5-10-22/h2-7,9-12,16-17,21,26H,8,13-15,18-20H2,1H3. The second kappa shape index (κ2) is 9.76. The molecule has 1 fully saturated rings. The van der Waals surface area contributed by atoms with Crippen molar-refractivity contribution in [1.82, 2.24) is 4.90 Å². The summed E-state index contributed by atoms with van der Waals surface area (Å²) >= 11 is 0. The van der Waals surface area contributed by atoms with E-state index in [1.54, 1.807) is 0 Å². The van der Waals surface area contributed by atoms with Crippen LogP contribution in [0.15, 0.2) is 78.9 Å². The summed E-state index contributed by atoms with van der Waals surface area (Å²) < 4.78 is 6.30. The number of nitrogens with zero attached hydrogens (tertiary/aromatic N) is 1. The highest BCUT2D eigenvalue weighted by atomic mass is 16.5. The van der Waals surface area contributed by atoms with Gasteiger partial charge in [0, 0.05) is 6.04 Å². The van der Waals surface area contributed by atoms with E-state index in [1.165, 1.54) is 41.6 Å². The third-order valence-electron chi connectivity index (χ3n) is 6.07. The molecular formula is C27H31NO. The van der Waals surface area contributed by atoms with Crippen LogP contribution in [-0.4, -0.2) is 31.1 Å². The molecule has 1 atom stereocenters. The van der Waals surface area contributed by atoms with Crippen molar-refractivity contribution in [2.24, 2.45) is 0 Å². The third kappa shape index (κ3) is 5.27. The molecule has 150 valence electrons. The second-order valence-corrected chi connectivity index (χ2v) is 8.09. The zero-order chi connectivity index (χ0) is 19.9. The van der Waals surface area contributed by atoms with Gasteiger partial charge in [-0.1, -0.05) is 66.7 Å². The van der Waals surface area contributed by atoms with E-state index in [4.69, 9.17) is 4.74 Å². The summed E-state index contributed by atoms with van der Waals surface area (Å²) in [7, 11) is 2.23. The predicted molar refractivity (Wildman–Crippen MR) is 121 cm³/mol. The molecule has 0 spiro atoms. The number of benzene rings is 3. The van der Waals surface area contributed by atoms with Gasteiger partial charge in [-0.15, -0.1) is 0 Å². The van der Waals surface area contributed by atoms with Gasteiger partial charge >= 0.3 is 0 Å². The molecule has 1 unspecified atom stereocenters. The number of ether oxygens (including phenoxy) is 1. The monoisotopic (exact) mass is 385 g/mol. The Balaban J connectivity index is 1.49. The van der Waals surface area contributed by atoms with Crippen LogP contribution in [0.5, 0.6) is 5.75 Å². The fourth-order valence-electron chi connectivity index (χ4n) is 4.30. The Hall–Kier alpha value is -2.58. The molecular weight excluding hydrogens is 354 g/mol. The van der Waals surface area contributed by atoms with Crippen molar-refractivity contribution in [3.8, 4) is 16.9 Å². The molecule has 29 heavy (non-hydrogen) atoms. The molecule has 3 aromatic rings. The zero-order valence-corrected chi connectivity index (χ0v) is 17.4. The molecule has 1 heterocycles. The summed E-state index contributed by atoms with van der Waals surface area (Å²) in [6.07, 6.45) is 5.74. The van der Waals surface area contributed by atoms with Crippen LogP contribution in [0, 0.1) is 0 Å². The summed E-state index contributed by atoms with van der Waals surface area (Å²) in [5.74, 6) is 1.04. The van der Waals surface area contributed by atoms with Crippen LogP contribution < -0.4 is 4.74 Å². The van der Waals surface area contributed by atoms with Crippen LogP contribution in [0.4, 0.5) is 0 Å². The molecule has 0 N–H and O–H groups in total. The molecule has 0 saturated carbocycles. The first-order valence-electron chi connectivity index (χ1n) is 10.8. The Morgan fingerprint density at radius 3 is 2.34 bits per heavy atom. The van der Waals surface area contributed by atoms with Crippen molar-refractivity contribution in [2.45, 2.75) is 38.1 Å². The van der Waals surface area contributed by atoms with Crippen LogP contribution in [0.2, 0.25) is 0 Å². The first kappa shape index (κ1) is 19.7. The molecule has 0 bridgehead atoms. The molecule has 2 heteroatoms. The Kier molecular flexibility index (Phi) is 6.63. The minimum absolute atomic E-state index is 0.673. The fourth-order valence-corrected chi connectivity index (χ4v) is 4.30. The molecule has 1 aliphatic heterocycles. The van der Waals surface area contributed by atoms with Gasteiger partial charge < -0.3 is 9.64 Å². The van der Waals surface area contributed by atoms with Crippen molar-refractivity contribution in [3.63, 3.8) is 0 Å². The highest BCUT2D eigenvalue weighted by molar-refractivity contribution is 5.65. The number of hydrogen-bond donors (Lipinski definition) is 0. The van der Waals surface area contributed by atoms with E-state index >= 15 is 0 Å². The average molecular weight is 386 g/mol. The summed E-state index contributed by atoms with van der Waals surface area (Å²) in [6.45, 7) is 2.01. The van der Waals surface area contributed by atoms with Gasteiger partial charge in [0.05, 0.1) is 6.61 Å². The Bertz CT molecular complexity index is 891. The molecule has 3 aromatic carbocycles. The van der Waals surface area contributed by atoms with Gasteiger partial charge in [0.2, 0.25) is 0 Å². The van der Waals surface area contributed by atoms with Crippen LogP contribution in [-0.2, 0) is 12.8 Å². The fraction of sp³-hybridized carbons (Fsp3) is 0.333. The quantitative estimate of drug-likeness (QED) is 0.471. The number of rotatable bonds is 8. The smallest absolute Gasteiger partial charge is 0.122 e. The van der Waals surface area contributed by atoms with Gasteiger partial charge in [-0.2, -0.15) is 0 Å². The maximum Gasteiger partial charge on any atom is 0.122 e. The molecule has 0 aromatic heterocycles. The second-order valence-electron chi connectivity index (χ2n) is 8.09. The largest absolute Gasteiger partial charge is 0.493 e. The normalized spacial score (nSPS) is 16.8. The van der Waals surface area contributed by atoms with Crippen LogP contribution in [0.3, 0.4) is 0 Å². The molecule has 2 nitrogen and oxygen atoms in total.